The molecule has 12 nitrogen and oxygen atoms in total. The Bertz CT molecular complexity index is 1500. The number of hydrogen-bond donors (Lipinski definition) is 3. The fraction of sp³-hybridized carbons (Fsp3) is 0.433. The molecule has 3 atom stereocenters. The Balaban J connectivity index is 1.39. The van der Waals surface area contributed by atoms with E-state index in [1.165, 1.54) is 14.2 Å². The molecular formula is C30H36N6O6. The van der Waals surface area contributed by atoms with Gasteiger partial charge in [0.2, 0.25) is 11.8 Å². The van der Waals surface area contributed by atoms with Gasteiger partial charge in [-0.2, -0.15) is 5.10 Å². The first-order chi connectivity index (χ1) is 20.2. The summed E-state index contributed by atoms with van der Waals surface area (Å²) in [5, 5.41) is 13.1. The highest BCUT2D eigenvalue weighted by Gasteiger charge is 2.48. The van der Waals surface area contributed by atoms with Gasteiger partial charge in [-0.3, -0.25) is 24.3 Å². The topological polar surface area (TPSA) is 146 Å². The van der Waals surface area contributed by atoms with Gasteiger partial charge in [-0.15, -0.1) is 0 Å². The monoisotopic (exact) mass is 576 g/mol. The van der Waals surface area contributed by atoms with Crippen LogP contribution in [-0.2, 0) is 9.59 Å². The number of aromatic nitrogens is 2. The summed E-state index contributed by atoms with van der Waals surface area (Å²) >= 11 is 0. The largest absolute Gasteiger partial charge is 0.493 e. The van der Waals surface area contributed by atoms with E-state index in [4.69, 9.17) is 9.47 Å². The van der Waals surface area contributed by atoms with Crippen LogP contribution in [0.3, 0.4) is 0 Å². The third kappa shape index (κ3) is 5.74. The molecule has 1 aromatic heterocycles. The number of piperidine rings is 1. The summed E-state index contributed by atoms with van der Waals surface area (Å²) in [5.41, 5.74) is 1.47. The fourth-order valence-corrected chi connectivity index (χ4v) is 5.88. The molecule has 2 aliphatic rings. The van der Waals surface area contributed by atoms with Crippen LogP contribution in [0.5, 0.6) is 11.5 Å². The van der Waals surface area contributed by atoms with Gasteiger partial charge in [0.1, 0.15) is 0 Å². The van der Waals surface area contributed by atoms with Gasteiger partial charge in [0, 0.05) is 44.2 Å². The number of rotatable bonds is 8. The number of para-hydroxylation sites is 1. The lowest BCUT2D eigenvalue weighted by molar-refractivity contribution is -0.131. The minimum absolute atomic E-state index is 0.0567. The van der Waals surface area contributed by atoms with Crippen LogP contribution < -0.4 is 20.1 Å². The van der Waals surface area contributed by atoms with Crippen molar-refractivity contribution in [2.75, 3.05) is 46.9 Å². The Morgan fingerprint density at radius 3 is 2.45 bits per heavy atom. The van der Waals surface area contributed by atoms with Crippen molar-refractivity contribution >= 4 is 34.5 Å². The van der Waals surface area contributed by atoms with Crippen LogP contribution in [0.25, 0.3) is 10.9 Å². The number of benzene rings is 2. The molecule has 2 fully saturated rings. The van der Waals surface area contributed by atoms with Crippen molar-refractivity contribution in [2.45, 2.75) is 20.0 Å². The number of fused-ring (bicyclic) bond motifs is 2. The summed E-state index contributed by atoms with van der Waals surface area (Å²) in [6, 6.07) is 12.5. The second-order valence-corrected chi connectivity index (χ2v) is 11.0. The predicted molar refractivity (Wildman–Crippen MR) is 154 cm³/mol. The van der Waals surface area contributed by atoms with Crippen LogP contribution in [0.1, 0.15) is 34.7 Å². The van der Waals surface area contributed by atoms with Crippen molar-refractivity contribution in [3.63, 3.8) is 0 Å². The summed E-state index contributed by atoms with van der Waals surface area (Å²) in [7, 11) is 3.02. The Morgan fingerprint density at radius 2 is 1.74 bits per heavy atom. The van der Waals surface area contributed by atoms with Crippen molar-refractivity contribution in [2.24, 2.45) is 17.8 Å². The second kappa shape index (κ2) is 12.1. The van der Waals surface area contributed by atoms with Crippen molar-refractivity contribution in [1.29, 1.82) is 0 Å². The maximum atomic E-state index is 13.7. The molecule has 5 rings (SSSR count). The van der Waals surface area contributed by atoms with Gasteiger partial charge < -0.3 is 29.9 Å². The lowest BCUT2D eigenvalue weighted by Gasteiger charge is -2.39. The number of carbonyl (C=O) groups is 4. The van der Waals surface area contributed by atoms with Crippen molar-refractivity contribution in [1.82, 2.24) is 30.6 Å². The normalized spacial score (nSPS) is 19.9. The van der Waals surface area contributed by atoms with Gasteiger partial charge in [0.25, 0.3) is 11.8 Å². The maximum absolute atomic E-state index is 13.7. The number of likely N-dealkylation sites (N-methyl/N-ethyl adjacent to an activating group) is 1. The zero-order valence-corrected chi connectivity index (χ0v) is 24.2. The van der Waals surface area contributed by atoms with E-state index in [2.05, 4.69) is 20.8 Å². The standard InChI is InChI=1S/C30H36N6O6/c1-17(2)42-24-10-9-18(11-25(24)41-4)29(39)35-13-19-14-36(30(40)27-20-7-5-6-8-23(20)33-34-27)16-22(21(19)15-35)28(38)32-12-26(37)31-3/h5-11,17,19,21-22H,12-16H2,1-4H3,(H,31,37)(H,32,38)(H,33,34). The van der Waals surface area contributed by atoms with Gasteiger partial charge in [0.15, 0.2) is 17.2 Å². The van der Waals surface area contributed by atoms with Crippen LogP contribution in [0.2, 0.25) is 0 Å². The molecule has 0 spiro atoms. The highest BCUT2D eigenvalue weighted by Crippen LogP contribution is 2.38. The van der Waals surface area contributed by atoms with Crippen molar-refractivity contribution < 1.29 is 28.7 Å². The van der Waals surface area contributed by atoms with E-state index in [9.17, 15) is 19.2 Å². The minimum Gasteiger partial charge on any atom is -0.493 e. The van der Waals surface area contributed by atoms with Crippen LogP contribution in [-0.4, -0.2) is 96.6 Å². The molecule has 4 amide bonds. The first-order valence-electron chi connectivity index (χ1n) is 14.0. The Kier molecular flexibility index (Phi) is 8.32. The van der Waals surface area contributed by atoms with E-state index >= 15 is 0 Å². The molecule has 3 aromatic rings. The number of nitrogens with one attached hydrogen (secondary N) is 3. The van der Waals surface area contributed by atoms with E-state index < -0.39 is 5.92 Å². The number of hydrogen-bond acceptors (Lipinski definition) is 7. The fourth-order valence-electron chi connectivity index (χ4n) is 5.88. The van der Waals surface area contributed by atoms with E-state index in [1.54, 1.807) is 28.0 Å². The van der Waals surface area contributed by atoms with Gasteiger partial charge in [-0.05, 0) is 49.9 Å². The smallest absolute Gasteiger partial charge is 0.275 e. The Labute approximate surface area is 243 Å². The van der Waals surface area contributed by atoms with Gasteiger partial charge in [-0.1, -0.05) is 18.2 Å². The molecule has 3 N–H and O–H groups in total. The molecule has 2 aromatic carbocycles. The summed E-state index contributed by atoms with van der Waals surface area (Å²) in [5.74, 6) is -1.07. The quantitative estimate of drug-likeness (QED) is 0.370. The Morgan fingerprint density at radius 1 is 1.00 bits per heavy atom. The van der Waals surface area contributed by atoms with E-state index in [0.29, 0.717) is 42.1 Å². The molecule has 0 bridgehead atoms. The van der Waals surface area contributed by atoms with Crippen LogP contribution >= 0.6 is 0 Å². The van der Waals surface area contributed by atoms with E-state index in [0.717, 1.165) is 5.52 Å². The molecule has 42 heavy (non-hydrogen) atoms. The average Bonchev–Trinajstić information content (AvgIpc) is 3.63. The SMILES string of the molecule is CNC(=O)CNC(=O)C1CN(C(=O)c2n[nH]c3ccccc23)CC2CN(C(=O)c3ccc(OC(C)C)c(OC)c3)CC21. The first kappa shape index (κ1) is 28.9. The number of amides is 4. The van der Waals surface area contributed by atoms with E-state index in [1.807, 2.05) is 38.1 Å². The first-order valence-corrected chi connectivity index (χ1v) is 14.0. The molecule has 3 unspecified atom stereocenters. The van der Waals surface area contributed by atoms with Gasteiger partial charge >= 0.3 is 0 Å². The average molecular weight is 577 g/mol. The van der Waals surface area contributed by atoms with Crippen LogP contribution in [0.15, 0.2) is 42.5 Å². The molecule has 2 saturated heterocycles. The molecule has 12 heteroatoms. The summed E-state index contributed by atoms with van der Waals surface area (Å²) in [4.78, 5) is 56.0. The second-order valence-electron chi connectivity index (χ2n) is 11.0. The number of H-pyrrole nitrogens is 1. The lowest BCUT2D eigenvalue weighted by Crippen LogP contribution is -2.54. The van der Waals surface area contributed by atoms with Crippen molar-refractivity contribution in [3.05, 3.63) is 53.7 Å². The van der Waals surface area contributed by atoms with Crippen LogP contribution in [0.4, 0.5) is 0 Å². The minimum atomic E-state index is -0.614. The molecule has 3 heterocycles. The zero-order chi connectivity index (χ0) is 30.0. The number of ether oxygens (including phenoxy) is 2. The molecule has 0 aliphatic carbocycles. The van der Waals surface area contributed by atoms with Crippen LogP contribution in [0, 0.1) is 17.8 Å². The predicted octanol–water partition coefficient (Wildman–Crippen LogP) is 1.68. The summed E-state index contributed by atoms with van der Waals surface area (Å²) in [6.45, 7) is 4.90. The lowest BCUT2D eigenvalue weighted by atomic mass is 9.79. The number of likely N-dealkylation sites (tertiary alicyclic amines) is 2. The maximum Gasteiger partial charge on any atom is 0.275 e. The molecule has 2 aliphatic heterocycles. The highest BCUT2D eigenvalue weighted by molar-refractivity contribution is 6.05. The Hall–Kier alpha value is -4.61. The van der Waals surface area contributed by atoms with Gasteiger partial charge in [0.05, 0.1) is 31.2 Å². The molecule has 0 radical (unpaired) electrons. The third-order valence-corrected chi connectivity index (χ3v) is 7.94. The number of methoxy groups -OCH3 is 1. The zero-order valence-electron chi connectivity index (χ0n) is 24.2. The number of nitrogens with zero attached hydrogens (tertiary/aromatic N) is 3. The molecule has 222 valence electrons. The summed E-state index contributed by atoms with van der Waals surface area (Å²) < 4.78 is 11.3. The molecular weight excluding hydrogens is 540 g/mol. The molecule has 0 saturated carbocycles. The number of aromatic amines is 1. The summed E-state index contributed by atoms with van der Waals surface area (Å²) in [6.07, 6.45) is -0.0567. The highest BCUT2D eigenvalue weighted by atomic mass is 16.5. The van der Waals surface area contributed by atoms with Crippen molar-refractivity contribution in [3.8, 4) is 11.5 Å². The van der Waals surface area contributed by atoms with Gasteiger partial charge in [-0.25, -0.2) is 0 Å². The third-order valence-electron chi connectivity index (χ3n) is 7.94. The number of carbonyl (C=O) groups excluding carboxylic acids is 4. The van der Waals surface area contributed by atoms with E-state index in [-0.39, 0.29) is 60.4 Å².